The zero-order valence-electron chi connectivity index (χ0n) is 15.9. The average Bonchev–Trinajstić information content (AvgIpc) is 3.27. The molecular weight excluding hydrogens is 348 g/mol. The van der Waals surface area contributed by atoms with Crippen LogP contribution in [-0.2, 0) is 6.42 Å². The summed E-state index contributed by atoms with van der Waals surface area (Å²) in [5.74, 6) is 1.65. The van der Waals surface area contributed by atoms with Crippen LogP contribution in [0, 0.1) is 6.92 Å². The lowest BCUT2D eigenvalue weighted by Gasteiger charge is -2.26. The molecule has 1 aliphatic rings. The molecule has 6 heteroatoms. The van der Waals surface area contributed by atoms with Crippen molar-refractivity contribution in [3.05, 3.63) is 39.3 Å². The lowest BCUT2D eigenvalue weighted by Crippen LogP contribution is -2.30. The number of methoxy groups -OCH3 is 2. The van der Waals surface area contributed by atoms with Gasteiger partial charge in [-0.2, -0.15) is 0 Å². The van der Waals surface area contributed by atoms with Gasteiger partial charge >= 0.3 is 0 Å². The monoisotopic (exact) mass is 374 g/mol. The molecule has 3 rings (SSSR count). The molecule has 1 saturated heterocycles. The van der Waals surface area contributed by atoms with Crippen molar-refractivity contribution in [3.8, 4) is 11.5 Å². The number of rotatable bonds is 6. The van der Waals surface area contributed by atoms with E-state index in [2.05, 4.69) is 11.9 Å². The van der Waals surface area contributed by atoms with Crippen LogP contribution in [0.15, 0.2) is 18.2 Å². The molecule has 0 aliphatic carbocycles. The summed E-state index contributed by atoms with van der Waals surface area (Å²) in [5.41, 5.74) is 1.85. The summed E-state index contributed by atoms with van der Waals surface area (Å²) < 4.78 is 10.9. The first-order valence-electron chi connectivity index (χ1n) is 9.08. The van der Waals surface area contributed by atoms with E-state index in [1.807, 2.05) is 30.0 Å². The van der Waals surface area contributed by atoms with Crippen LogP contribution < -0.4 is 9.47 Å². The number of amides is 1. The van der Waals surface area contributed by atoms with Crippen LogP contribution in [0.25, 0.3) is 0 Å². The molecular formula is C20H26N2O3S. The Balaban J connectivity index is 1.92. The third-order valence-electron chi connectivity index (χ3n) is 4.81. The highest BCUT2D eigenvalue weighted by Crippen LogP contribution is 2.40. The summed E-state index contributed by atoms with van der Waals surface area (Å²) in [4.78, 5) is 20.6. The summed E-state index contributed by atoms with van der Waals surface area (Å²) in [6, 6.07) is 5.78. The Morgan fingerprint density at radius 3 is 2.85 bits per heavy atom. The van der Waals surface area contributed by atoms with Crippen LogP contribution in [0.4, 0.5) is 0 Å². The van der Waals surface area contributed by atoms with Crippen molar-refractivity contribution < 1.29 is 14.3 Å². The molecule has 0 spiro atoms. The molecule has 1 aromatic carbocycles. The van der Waals surface area contributed by atoms with Crippen LogP contribution in [0.2, 0.25) is 0 Å². The van der Waals surface area contributed by atoms with Crippen LogP contribution in [0.5, 0.6) is 11.5 Å². The van der Waals surface area contributed by atoms with Crippen molar-refractivity contribution in [1.82, 2.24) is 9.88 Å². The molecule has 1 atom stereocenters. The van der Waals surface area contributed by atoms with Crippen molar-refractivity contribution in [1.29, 1.82) is 0 Å². The molecule has 0 bridgehead atoms. The van der Waals surface area contributed by atoms with E-state index in [0.29, 0.717) is 0 Å². The third kappa shape index (κ3) is 3.56. The second-order valence-corrected chi connectivity index (χ2v) is 7.62. The maximum Gasteiger partial charge on any atom is 0.266 e. The fourth-order valence-corrected chi connectivity index (χ4v) is 4.66. The van der Waals surface area contributed by atoms with E-state index < -0.39 is 0 Å². The predicted molar refractivity (Wildman–Crippen MR) is 103 cm³/mol. The first-order valence-corrected chi connectivity index (χ1v) is 9.89. The van der Waals surface area contributed by atoms with Crippen molar-refractivity contribution >= 4 is 17.2 Å². The predicted octanol–water partition coefficient (Wildman–Crippen LogP) is 4.40. The number of aromatic nitrogens is 1. The van der Waals surface area contributed by atoms with Gasteiger partial charge in [-0.05, 0) is 50.8 Å². The van der Waals surface area contributed by atoms with Crippen LogP contribution in [-0.4, -0.2) is 36.6 Å². The smallest absolute Gasteiger partial charge is 0.266 e. The second-order valence-electron chi connectivity index (χ2n) is 6.54. The zero-order valence-corrected chi connectivity index (χ0v) is 16.7. The van der Waals surface area contributed by atoms with Gasteiger partial charge in [0.2, 0.25) is 0 Å². The van der Waals surface area contributed by atoms with Crippen molar-refractivity contribution in [3.63, 3.8) is 0 Å². The van der Waals surface area contributed by atoms with E-state index in [-0.39, 0.29) is 11.9 Å². The molecule has 2 heterocycles. The van der Waals surface area contributed by atoms with E-state index in [1.54, 1.807) is 14.2 Å². The van der Waals surface area contributed by atoms with E-state index in [4.69, 9.17) is 9.47 Å². The number of carbonyl (C=O) groups excluding carboxylic acids is 1. The number of likely N-dealkylation sites (tertiary alicyclic amines) is 1. The standard InChI is InChI=1S/C20H26N2O3S/c1-5-7-18-21-13(2)19(26-18)20(23)22-11-6-8-16(22)15-12-14(24-3)9-10-17(15)25-4/h9-10,12,16H,5-8,11H2,1-4H3/t16-/m1/s1. The first-order chi connectivity index (χ1) is 12.6. The molecule has 140 valence electrons. The van der Waals surface area contributed by atoms with Gasteiger partial charge in [-0.25, -0.2) is 4.98 Å². The molecule has 5 nitrogen and oxygen atoms in total. The highest BCUT2D eigenvalue weighted by molar-refractivity contribution is 7.13. The number of benzene rings is 1. The molecule has 1 aliphatic heterocycles. The Morgan fingerprint density at radius 2 is 2.15 bits per heavy atom. The number of aryl methyl sites for hydroxylation is 2. The lowest BCUT2D eigenvalue weighted by atomic mass is 10.0. The van der Waals surface area contributed by atoms with E-state index in [0.717, 1.165) is 64.9 Å². The van der Waals surface area contributed by atoms with Crippen LogP contribution in [0.3, 0.4) is 0 Å². The quantitative estimate of drug-likeness (QED) is 0.752. The zero-order chi connectivity index (χ0) is 18.7. The number of hydrogen-bond acceptors (Lipinski definition) is 5. The van der Waals surface area contributed by atoms with Gasteiger partial charge in [-0.15, -0.1) is 11.3 Å². The SMILES string of the molecule is CCCc1nc(C)c(C(=O)N2CCC[C@@H]2c2cc(OC)ccc2OC)s1. The van der Waals surface area contributed by atoms with Crippen LogP contribution >= 0.6 is 11.3 Å². The van der Waals surface area contributed by atoms with Gasteiger partial charge in [0.05, 0.1) is 31.0 Å². The Kier molecular flexibility index (Phi) is 5.81. The maximum atomic E-state index is 13.2. The van der Waals surface area contributed by atoms with Crippen molar-refractivity contribution in [2.75, 3.05) is 20.8 Å². The number of carbonyl (C=O) groups is 1. The van der Waals surface area contributed by atoms with Crippen molar-refractivity contribution in [2.24, 2.45) is 0 Å². The highest BCUT2D eigenvalue weighted by Gasteiger charge is 2.34. The number of hydrogen-bond donors (Lipinski definition) is 0. The Labute approximate surface area is 159 Å². The Hall–Kier alpha value is -2.08. The van der Waals surface area contributed by atoms with Gasteiger partial charge in [0.15, 0.2) is 0 Å². The number of thiazole rings is 1. The molecule has 1 fully saturated rings. The molecule has 0 unspecified atom stereocenters. The lowest BCUT2D eigenvalue weighted by molar-refractivity contribution is 0.0738. The molecule has 1 aromatic heterocycles. The fraction of sp³-hybridized carbons (Fsp3) is 0.500. The van der Waals surface area contributed by atoms with Gasteiger partial charge in [0.1, 0.15) is 16.4 Å². The Bertz CT molecular complexity index is 787. The summed E-state index contributed by atoms with van der Waals surface area (Å²) >= 11 is 1.54. The van der Waals surface area contributed by atoms with Crippen LogP contribution in [0.1, 0.15) is 58.2 Å². The topological polar surface area (TPSA) is 51.7 Å². The first kappa shape index (κ1) is 18.7. The largest absolute Gasteiger partial charge is 0.497 e. The fourth-order valence-electron chi connectivity index (χ4n) is 3.53. The second kappa shape index (κ2) is 8.08. The number of ether oxygens (including phenoxy) is 2. The van der Waals surface area contributed by atoms with E-state index >= 15 is 0 Å². The molecule has 0 N–H and O–H groups in total. The van der Waals surface area contributed by atoms with Gasteiger partial charge < -0.3 is 14.4 Å². The minimum absolute atomic E-state index is 0.00340. The average molecular weight is 375 g/mol. The molecule has 26 heavy (non-hydrogen) atoms. The third-order valence-corrected chi connectivity index (χ3v) is 6.01. The maximum absolute atomic E-state index is 13.2. The summed E-state index contributed by atoms with van der Waals surface area (Å²) in [5, 5.41) is 1.04. The number of nitrogens with zero attached hydrogens (tertiary/aromatic N) is 2. The molecule has 0 radical (unpaired) electrons. The minimum atomic E-state index is 0.00340. The minimum Gasteiger partial charge on any atom is -0.497 e. The van der Waals surface area contributed by atoms with Crippen molar-refractivity contribution in [2.45, 2.75) is 45.6 Å². The molecule has 0 saturated carbocycles. The normalized spacial score (nSPS) is 16.8. The molecule has 2 aromatic rings. The van der Waals surface area contributed by atoms with Gasteiger partial charge in [0, 0.05) is 12.1 Å². The van der Waals surface area contributed by atoms with Gasteiger partial charge in [-0.1, -0.05) is 6.92 Å². The summed E-state index contributed by atoms with van der Waals surface area (Å²) in [6.07, 6.45) is 3.87. The Morgan fingerprint density at radius 1 is 1.35 bits per heavy atom. The van der Waals surface area contributed by atoms with Gasteiger partial charge in [0.25, 0.3) is 5.91 Å². The van der Waals surface area contributed by atoms with Gasteiger partial charge in [-0.3, -0.25) is 4.79 Å². The molecule has 1 amide bonds. The summed E-state index contributed by atoms with van der Waals surface area (Å²) in [6.45, 7) is 4.81. The highest BCUT2D eigenvalue weighted by atomic mass is 32.1. The van der Waals surface area contributed by atoms with E-state index in [9.17, 15) is 4.79 Å². The van der Waals surface area contributed by atoms with E-state index in [1.165, 1.54) is 11.3 Å². The summed E-state index contributed by atoms with van der Waals surface area (Å²) in [7, 11) is 3.32.